The first kappa shape index (κ1) is 12.0. The lowest BCUT2D eigenvalue weighted by molar-refractivity contribution is 0.433. The number of halogens is 4. The minimum Gasteiger partial charge on any atom is -0.385 e. The zero-order valence-corrected chi connectivity index (χ0v) is 7.82. The van der Waals surface area contributed by atoms with Crippen molar-refractivity contribution in [2.75, 3.05) is 0 Å². The highest BCUT2D eigenvalue weighted by atomic mass is 19.2. The molecule has 4 nitrogen and oxygen atoms in total. The molecule has 0 atom stereocenters. The van der Waals surface area contributed by atoms with Crippen LogP contribution in [0.1, 0.15) is 0 Å². The Kier molecular flexibility index (Phi) is 2.84. The van der Waals surface area contributed by atoms with Crippen LogP contribution in [0.5, 0.6) is 0 Å². The summed E-state index contributed by atoms with van der Waals surface area (Å²) in [6, 6.07) is 0. The first-order chi connectivity index (χ1) is 7.29. The molecule has 0 amide bonds. The molecule has 88 valence electrons. The van der Waals surface area contributed by atoms with Gasteiger partial charge in [-0.05, 0) is 0 Å². The molecule has 0 saturated carbocycles. The quantitative estimate of drug-likeness (QED) is 0.315. The van der Waals surface area contributed by atoms with Crippen LogP contribution in [0.3, 0.4) is 0 Å². The fraction of sp³-hybridized carbons (Fsp3) is 0. The van der Waals surface area contributed by atoms with E-state index in [2.05, 4.69) is 0 Å². The summed E-state index contributed by atoms with van der Waals surface area (Å²) in [4.78, 5) is 0. The third-order valence-electron chi connectivity index (χ3n) is 1.84. The molecular weight excluding hydrogens is 228 g/mol. The molecule has 0 bridgehead atoms. The molecule has 1 aromatic carbocycles. The number of hydrogen-bond acceptors (Lipinski definition) is 4. The van der Waals surface area contributed by atoms with Crippen molar-refractivity contribution in [3.8, 4) is 0 Å². The van der Waals surface area contributed by atoms with Crippen LogP contribution in [0, 0.1) is 23.3 Å². The lowest BCUT2D eigenvalue weighted by Crippen LogP contribution is -2.37. The van der Waals surface area contributed by atoms with Gasteiger partial charge in [0.25, 0.3) is 0 Å². The Morgan fingerprint density at radius 3 is 0.875 bits per heavy atom. The van der Waals surface area contributed by atoms with Crippen LogP contribution in [-0.4, -0.2) is 0 Å². The maximum atomic E-state index is 13.2. The molecule has 1 rings (SSSR count). The van der Waals surface area contributed by atoms with Crippen molar-refractivity contribution in [3.63, 3.8) is 0 Å². The molecule has 0 radical (unpaired) electrons. The van der Waals surface area contributed by atoms with Gasteiger partial charge in [0.1, 0.15) is 11.6 Å². The number of nitrogens with two attached hydrogens (primary N) is 4. The lowest BCUT2D eigenvalue weighted by Gasteiger charge is -2.03. The summed E-state index contributed by atoms with van der Waals surface area (Å²) in [5.74, 6) is -8.78. The number of rotatable bonds is 0. The van der Waals surface area contributed by atoms with E-state index in [0.717, 1.165) is 0 Å². The fourth-order valence-corrected chi connectivity index (χ4v) is 1.14. The summed E-state index contributed by atoms with van der Waals surface area (Å²) in [7, 11) is 0. The molecule has 0 saturated heterocycles. The van der Waals surface area contributed by atoms with E-state index >= 15 is 0 Å². The molecule has 0 aromatic heterocycles. The van der Waals surface area contributed by atoms with E-state index in [0.29, 0.717) is 0 Å². The second kappa shape index (κ2) is 3.80. The van der Waals surface area contributed by atoms with Crippen LogP contribution >= 0.6 is 0 Å². The van der Waals surface area contributed by atoms with Crippen molar-refractivity contribution in [2.24, 2.45) is 22.9 Å². The predicted octanol–water partition coefficient (Wildman–Crippen LogP) is -1.79. The second-order valence-corrected chi connectivity index (χ2v) is 2.92. The first-order valence-electron chi connectivity index (χ1n) is 3.91. The van der Waals surface area contributed by atoms with Gasteiger partial charge >= 0.3 is 0 Å². The van der Waals surface area contributed by atoms with Gasteiger partial charge in [0, 0.05) is 0 Å². The van der Waals surface area contributed by atoms with E-state index < -0.39 is 45.3 Å². The van der Waals surface area contributed by atoms with E-state index in [1.165, 1.54) is 0 Å². The largest absolute Gasteiger partial charge is 0.385 e. The molecule has 8 N–H and O–H groups in total. The fourth-order valence-electron chi connectivity index (χ4n) is 1.14. The van der Waals surface area contributed by atoms with Gasteiger partial charge in [-0.25, -0.2) is 17.6 Å². The zero-order valence-electron chi connectivity index (χ0n) is 7.82. The molecule has 0 aliphatic heterocycles. The smallest absolute Gasteiger partial charge is 0.173 e. The summed E-state index contributed by atoms with van der Waals surface area (Å²) in [6.07, 6.45) is 0. The van der Waals surface area contributed by atoms with Crippen LogP contribution in [0.4, 0.5) is 17.6 Å². The topological polar surface area (TPSA) is 104 Å². The molecule has 0 unspecified atom stereocenters. The minimum absolute atomic E-state index is 0.894. The number of hydrogen-bond donors (Lipinski definition) is 4. The normalized spacial score (nSPS) is 10.2. The summed E-state index contributed by atoms with van der Waals surface area (Å²) in [6.45, 7) is 0. The van der Waals surface area contributed by atoms with Crippen molar-refractivity contribution in [1.82, 2.24) is 0 Å². The zero-order chi connectivity index (χ0) is 12.6. The van der Waals surface area contributed by atoms with Crippen molar-refractivity contribution < 1.29 is 17.6 Å². The molecule has 0 heterocycles. The van der Waals surface area contributed by atoms with Gasteiger partial charge in [0.2, 0.25) is 0 Å². The van der Waals surface area contributed by atoms with Crippen LogP contribution in [-0.2, 0) is 0 Å². The van der Waals surface area contributed by atoms with Crippen LogP contribution < -0.4 is 33.4 Å². The van der Waals surface area contributed by atoms with E-state index in [1.54, 1.807) is 0 Å². The molecule has 0 aliphatic rings. The maximum Gasteiger partial charge on any atom is 0.173 e. The summed E-state index contributed by atoms with van der Waals surface area (Å²) >= 11 is 0. The highest BCUT2D eigenvalue weighted by Crippen LogP contribution is 2.02. The van der Waals surface area contributed by atoms with Gasteiger partial charge in [-0.15, -0.1) is 0 Å². The Morgan fingerprint density at radius 2 is 0.750 bits per heavy atom. The molecule has 0 spiro atoms. The Labute approximate surface area is 86.8 Å². The molecule has 0 aliphatic carbocycles. The summed E-state index contributed by atoms with van der Waals surface area (Å²) < 4.78 is 52.9. The second-order valence-electron chi connectivity index (χ2n) is 2.92. The van der Waals surface area contributed by atoms with Crippen molar-refractivity contribution in [2.45, 2.75) is 0 Å². The SMILES string of the molecule is NC(N)=c1c(F)c(F)c(=C(N)N)c(F)c1F. The highest BCUT2D eigenvalue weighted by molar-refractivity contribution is 5.42. The van der Waals surface area contributed by atoms with Crippen molar-refractivity contribution >= 4 is 11.6 Å². The molecule has 8 heteroatoms. The van der Waals surface area contributed by atoms with Crippen LogP contribution in [0.25, 0.3) is 11.6 Å². The van der Waals surface area contributed by atoms with Gasteiger partial charge < -0.3 is 22.9 Å². The van der Waals surface area contributed by atoms with Gasteiger partial charge in [0.15, 0.2) is 23.3 Å². The van der Waals surface area contributed by atoms with E-state index in [-0.39, 0.29) is 0 Å². The summed E-state index contributed by atoms with van der Waals surface area (Å²) in [5.41, 5.74) is 19.6. The average Bonchev–Trinajstić information content (AvgIpc) is 2.14. The van der Waals surface area contributed by atoms with Crippen molar-refractivity contribution in [1.29, 1.82) is 0 Å². The Balaban J connectivity index is 4.12. The molecule has 1 aromatic rings. The highest BCUT2D eigenvalue weighted by Gasteiger charge is 2.20. The van der Waals surface area contributed by atoms with Gasteiger partial charge in [-0.3, -0.25) is 0 Å². The molecular formula is C8H8F4N4. The van der Waals surface area contributed by atoms with E-state index in [1.807, 2.05) is 0 Å². The minimum atomic E-state index is -1.75. The van der Waals surface area contributed by atoms with Crippen LogP contribution in [0.2, 0.25) is 0 Å². The third kappa shape index (κ3) is 1.58. The molecule has 0 fully saturated rings. The monoisotopic (exact) mass is 236 g/mol. The molecule has 16 heavy (non-hydrogen) atoms. The Bertz CT molecular complexity index is 472. The van der Waals surface area contributed by atoms with E-state index in [4.69, 9.17) is 22.9 Å². The van der Waals surface area contributed by atoms with Crippen LogP contribution in [0.15, 0.2) is 0 Å². The van der Waals surface area contributed by atoms with E-state index in [9.17, 15) is 17.6 Å². The summed E-state index contributed by atoms with van der Waals surface area (Å²) in [5, 5.41) is -2.36. The predicted molar refractivity (Wildman–Crippen MR) is 49.1 cm³/mol. The van der Waals surface area contributed by atoms with Gasteiger partial charge in [-0.2, -0.15) is 0 Å². The van der Waals surface area contributed by atoms with Crippen molar-refractivity contribution in [3.05, 3.63) is 33.7 Å². The standard InChI is InChI=1S/C8H8F4N4/c9-3-1(7(13)14)4(10)6(12)2(5(3)11)8(15)16/h13-16H2. The third-order valence-corrected chi connectivity index (χ3v) is 1.84. The van der Waals surface area contributed by atoms with Gasteiger partial charge in [0.05, 0.1) is 10.4 Å². The lowest BCUT2D eigenvalue weighted by atomic mass is 10.2. The Hall–Kier alpha value is -2.12. The average molecular weight is 236 g/mol. The Morgan fingerprint density at radius 1 is 0.562 bits per heavy atom. The maximum absolute atomic E-state index is 13.2. The first-order valence-corrected chi connectivity index (χ1v) is 3.91. The number of benzene rings is 1. The van der Waals surface area contributed by atoms with Gasteiger partial charge in [-0.1, -0.05) is 0 Å².